The van der Waals surface area contributed by atoms with Crippen LogP contribution in [0.4, 0.5) is 0 Å². The van der Waals surface area contributed by atoms with E-state index in [4.69, 9.17) is 10.5 Å². The van der Waals surface area contributed by atoms with E-state index < -0.39 is 0 Å². The molecule has 2 atom stereocenters. The van der Waals surface area contributed by atoms with Crippen LogP contribution in [0, 0.1) is 0 Å². The van der Waals surface area contributed by atoms with Gasteiger partial charge in [0.25, 0.3) is 0 Å². The molecule has 1 aliphatic rings. The van der Waals surface area contributed by atoms with Crippen molar-refractivity contribution in [1.82, 2.24) is 9.78 Å². The monoisotopic (exact) mass is 273 g/mol. The molecule has 1 saturated heterocycles. The van der Waals surface area contributed by atoms with Crippen LogP contribution >= 0.6 is 0 Å². The normalized spacial score (nSPS) is 20.6. The molecular weight excluding hydrogens is 250 g/mol. The minimum absolute atomic E-state index is 0.0162. The summed E-state index contributed by atoms with van der Waals surface area (Å²) in [6.45, 7) is 0.932. The molecule has 4 nitrogen and oxygen atoms in total. The summed E-state index contributed by atoms with van der Waals surface area (Å²) < 4.78 is 7.58. The van der Waals surface area contributed by atoms with Crippen LogP contribution in [0.25, 0.3) is 10.9 Å². The van der Waals surface area contributed by atoms with E-state index in [1.807, 2.05) is 23.9 Å². The van der Waals surface area contributed by atoms with Gasteiger partial charge in [-0.2, -0.15) is 5.10 Å². The molecule has 1 aliphatic heterocycles. The van der Waals surface area contributed by atoms with Gasteiger partial charge in [-0.15, -0.1) is 0 Å². The quantitative estimate of drug-likeness (QED) is 0.911. The van der Waals surface area contributed by atoms with Gasteiger partial charge in [0.15, 0.2) is 0 Å². The molecule has 4 heteroatoms. The molecule has 2 aromatic rings. The zero-order chi connectivity index (χ0) is 13.9. The summed E-state index contributed by atoms with van der Waals surface area (Å²) in [5, 5.41) is 5.78. The van der Waals surface area contributed by atoms with Crippen molar-refractivity contribution in [2.24, 2.45) is 12.8 Å². The Bertz CT molecular complexity index is 572. The molecule has 0 saturated carbocycles. The van der Waals surface area contributed by atoms with Crippen molar-refractivity contribution in [3.8, 4) is 0 Å². The molecule has 2 N–H and O–H groups in total. The van der Waals surface area contributed by atoms with Crippen molar-refractivity contribution in [2.75, 3.05) is 6.61 Å². The Morgan fingerprint density at radius 1 is 1.45 bits per heavy atom. The average Bonchev–Trinajstić information content (AvgIpc) is 3.08. The summed E-state index contributed by atoms with van der Waals surface area (Å²) in [5.41, 5.74) is 8.52. The van der Waals surface area contributed by atoms with Gasteiger partial charge in [-0.3, -0.25) is 4.68 Å². The van der Waals surface area contributed by atoms with Crippen molar-refractivity contribution in [3.05, 3.63) is 30.0 Å². The summed E-state index contributed by atoms with van der Waals surface area (Å²) >= 11 is 0. The second kappa shape index (κ2) is 5.94. The van der Waals surface area contributed by atoms with Gasteiger partial charge in [-0.1, -0.05) is 18.2 Å². The fourth-order valence-electron chi connectivity index (χ4n) is 3.09. The lowest BCUT2D eigenvalue weighted by atomic mass is 10.0. The van der Waals surface area contributed by atoms with E-state index in [0.29, 0.717) is 6.10 Å². The number of para-hydroxylation sites is 1. The molecule has 0 radical (unpaired) electrons. The van der Waals surface area contributed by atoms with Crippen LogP contribution in [0.1, 0.15) is 43.8 Å². The fourth-order valence-corrected chi connectivity index (χ4v) is 3.09. The SMILES string of the molecule is Cn1nc(C(N)CCCC2CCCO2)c2ccccc21. The van der Waals surface area contributed by atoms with E-state index in [1.54, 1.807) is 0 Å². The summed E-state index contributed by atoms with van der Waals surface area (Å²) in [4.78, 5) is 0. The highest BCUT2D eigenvalue weighted by atomic mass is 16.5. The van der Waals surface area contributed by atoms with Crippen molar-refractivity contribution in [3.63, 3.8) is 0 Å². The first-order valence-corrected chi connectivity index (χ1v) is 7.54. The number of aryl methyl sites for hydroxylation is 1. The maximum Gasteiger partial charge on any atom is 0.0870 e. The zero-order valence-corrected chi connectivity index (χ0v) is 12.1. The Morgan fingerprint density at radius 2 is 2.30 bits per heavy atom. The van der Waals surface area contributed by atoms with Crippen LogP contribution in [0.15, 0.2) is 24.3 Å². The Labute approximate surface area is 119 Å². The predicted octanol–water partition coefficient (Wildman–Crippen LogP) is 2.92. The van der Waals surface area contributed by atoms with Gasteiger partial charge in [0.2, 0.25) is 0 Å². The molecular formula is C16H23N3O. The molecule has 1 aromatic heterocycles. The molecule has 2 unspecified atom stereocenters. The Balaban J connectivity index is 1.64. The van der Waals surface area contributed by atoms with Crippen LogP contribution < -0.4 is 5.73 Å². The van der Waals surface area contributed by atoms with Crippen LogP contribution in [0.3, 0.4) is 0 Å². The van der Waals surface area contributed by atoms with E-state index in [-0.39, 0.29) is 6.04 Å². The number of ether oxygens (including phenoxy) is 1. The van der Waals surface area contributed by atoms with Gasteiger partial charge >= 0.3 is 0 Å². The topological polar surface area (TPSA) is 53.1 Å². The molecule has 20 heavy (non-hydrogen) atoms. The lowest BCUT2D eigenvalue weighted by Crippen LogP contribution is -2.13. The minimum Gasteiger partial charge on any atom is -0.378 e. The fraction of sp³-hybridized carbons (Fsp3) is 0.562. The predicted molar refractivity (Wildman–Crippen MR) is 80.5 cm³/mol. The number of nitrogens with zero attached hydrogens (tertiary/aromatic N) is 2. The standard InChI is InChI=1S/C16H23N3O/c1-19-15-10-3-2-8-13(15)16(18-19)14(17)9-4-6-12-7-5-11-20-12/h2-3,8,10,12,14H,4-7,9,11,17H2,1H3. The Morgan fingerprint density at radius 3 is 3.10 bits per heavy atom. The highest BCUT2D eigenvalue weighted by molar-refractivity contribution is 5.82. The van der Waals surface area contributed by atoms with Crippen LogP contribution in [0.2, 0.25) is 0 Å². The minimum atomic E-state index is 0.0162. The number of hydrogen-bond donors (Lipinski definition) is 1. The largest absolute Gasteiger partial charge is 0.378 e. The Hall–Kier alpha value is -1.39. The van der Waals surface area contributed by atoms with Crippen LogP contribution in [-0.4, -0.2) is 22.5 Å². The van der Waals surface area contributed by atoms with E-state index >= 15 is 0 Å². The molecule has 1 fully saturated rings. The van der Waals surface area contributed by atoms with E-state index in [2.05, 4.69) is 17.2 Å². The van der Waals surface area contributed by atoms with Gasteiger partial charge in [-0.05, 0) is 38.2 Å². The van der Waals surface area contributed by atoms with Gasteiger partial charge < -0.3 is 10.5 Å². The summed E-state index contributed by atoms with van der Waals surface area (Å²) in [7, 11) is 1.98. The van der Waals surface area contributed by atoms with Crippen LogP contribution in [-0.2, 0) is 11.8 Å². The first-order chi connectivity index (χ1) is 9.75. The summed E-state index contributed by atoms with van der Waals surface area (Å²) in [6.07, 6.45) is 6.09. The van der Waals surface area contributed by atoms with Crippen molar-refractivity contribution in [1.29, 1.82) is 0 Å². The molecule has 0 amide bonds. The smallest absolute Gasteiger partial charge is 0.0870 e. The molecule has 1 aromatic carbocycles. The van der Waals surface area contributed by atoms with E-state index in [9.17, 15) is 0 Å². The van der Waals surface area contributed by atoms with Gasteiger partial charge in [0.05, 0.1) is 17.3 Å². The number of nitrogens with two attached hydrogens (primary N) is 1. The van der Waals surface area contributed by atoms with Gasteiger partial charge in [0.1, 0.15) is 0 Å². The van der Waals surface area contributed by atoms with Crippen molar-refractivity contribution < 1.29 is 4.74 Å². The first-order valence-electron chi connectivity index (χ1n) is 7.54. The summed E-state index contributed by atoms with van der Waals surface area (Å²) in [6, 6.07) is 8.30. The van der Waals surface area contributed by atoms with E-state index in [1.165, 1.54) is 18.2 Å². The zero-order valence-electron chi connectivity index (χ0n) is 12.1. The second-order valence-corrected chi connectivity index (χ2v) is 5.70. The number of rotatable bonds is 5. The van der Waals surface area contributed by atoms with Crippen LogP contribution in [0.5, 0.6) is 0 Å². The number of aromatic nitrogens is 2. The lowest BCUT2D eigenvalue weighted by Gasteiger charge is -2.12. The van der Waals surface area contributed by atoms with Crippen molar-refractivity contribution >= 4 is 10.9 Å². The number of benzene rings is 1. The summed E-state index contributed by atoms with van der Waals surface area (Å²) in [5.74, 6) is 0. The third-order valence-corrected chi connectivity index (χ3v) is 4.20. The first kappa shape index (κ1) is 13.6. The molecule has 0 spiro atoms. The average molecular weight is 273 g/mol. The molecule has 0 bridgehead atoms. The second-order valence-electron chi connectivity index (χ2n) is 5.70. The number of fused-ring (bicyclic) bond motifs is 1. The van der Waals surface area contributed by atoms with E-state index in [0.717, 1.165) is 37.1 Å². The van der Waals surface area contributed by atoms with Gasteiger partial charge in [-0.25, -0.2) is 0 Å². The number of hydrogen-bond acceptors (Lipinski definition) is 3. The molecule has 2 heterocycles. The highest BCUT2D eigenvalue weighted by Gasteiger charge is 2.18. The molecule has 3 rings (SSSR count). The van der Waals surface area contributed by atoms with Gasteiger partial charge in [0, 0.05) is 25.1 Å². The third kappa shape index (κ3) is 2.72. The lowest BCUT2D eigenvalue weighted by molar-refractivity contribution is 0.101. The maximum absolute atomic E-state index is 6.34. The van der Waals surface area contributed by atoms with Crippen molar-refractivity contribution in [2.45, 2.75) is 44.2 Å². The molecule has 108 valence electrons. The molecule has 0 aliphatic carbocycles. The Kier molecular flexibility index (Phi) is 4.03. The highest BCUT2D eigenvalue weighted by Crippen LogP contribution is 2.26. The maximum atomic E-state index is 6.34. The third-order valence-electron chi connectivity index (χ3n) is 4.20.